The fourth-order valence-electron chi connectivity index (χ4n) is 1.72. The Bertz CT molecular complexity index is 501. The van der Waals surface area contributed by atoms with Gasteiger partial charge in [-0.25, -0.2) is 4.98 Å². The van der Waals surface area contributed by atoms with Crippen LogP contribution in [0.15, 0.2) is 12.1 Å². The second-order valence-corrected chi connectivity index (χ2v) is 5.37. The molecule has 16 heavy (non-hydrogen) atoms. The Balaban J connectivity index is 2.51. The predicted octanol–water partition coefficient (Wildman–Crippen LogP) is 2.61. The molecule has 2 aromatic heterocycles. The van der Waals surface area contributed by atoms with Gasteiger partial charge in [0, 0.05) is 19.2 Å². The molecule has 0 atom stereocenters. The van der Waals surface area contributed by atoms with E-state index in [2.05, 4.69) is 9.55 Å². The first-order chi connectivity index (χ1) is 7.63. The van der Waals surface area contributed by atoms with Crippen molar-refractivity contribution in [2.24, 2.45) is 12.8 Å². The molecule has 2 aromatic rings. The van der Waals surface area contributed by atoms with Crippen molar-refractivity contribution in [1.29, 1.82) is 0 Å². The van der Waals surface area contributed by atoms with Crippen LogP contribution in [0.2, 0.25) is 4.34 Å². The number of rotatable bonds is 3. The molecule has 0 unspecified atom stereocenters. The highest BCUT2D eigenvalue weighted by Gasteiger charge is 2.14. The molecule has 2 heterocycles. The Morgan fingerprint density at radius 3 is 2.81 bits per heavy atom. The van der Waals surface area contributed by atoms with E-state index >= 15 is 0 Å². The van der Waals surface area contributed by atoms with E-state index in [9.17, 15) is 0 Å². The van der Waals surface area contributed by atoms with E-state index < -0.39 is 0 Å². The van der Waals surface area contributed by atoms with E-state index in [-0.39, 0.29) is 0 Å². The first-order valence-electron chi connectivity index (χ1n) is 5.11. The first kappa shape index (κ1) is 11.6. The van der Waals surface area contributed by atoms with Gasteiger partial charge in [-0.1, -0.05) is 11.6 Å². The van der Waals surface area contributed by atoms with Crippen molar-refractivity contribution in [2.45, 2.75) is 13.3 Å². The summed E-state index contributed by atoms with van der Waals surface area (Å²) in [5.41, 5.74) is 7.82. The monoisotopic (exact) mass is 255 g/mol. The van der Waals surface area contributed by atoms with Gasteiger partial charge < -0.3 is 10.3 Å². The van der Waals surface area contributed by atoms with E-state index in [1.165, 1.54) is 5.69 Å². The van der Waals surface area contributed by atoms with Crippen molar-refractivity contribution < 1.29 is 0 Å². The zero-order chi connectivity index (χ0) is 11.7. The zero-order valence-corrected chi connectivity index (χ0v) is 10.9. The average molecular weight is 256 g/mol. The van der Waals surface area contributed by atoms with E-state index in [0.717, 1.165) is 27.2 Å². The van der Waals surface area contributed by atoms with Gasteiger partial charge in [-0.3, -0.25) is 0 Å². The van der Waals surface area contributed by atoms with Crippen LogP contribution in [-0.4, -0.2) is 16.1 Å². The molecule has 0 amide bonds. The third kappa shape index (κ3) is 2.00. The molecule has 0 saturated carbocycles. The molecule has 0 fully saturated rings. The third-order valence-corrected chi connectivity index (χ3v) is 3.86. The molecule has 0 aliphatic carbocycles. The largest absolute Gasteiger partial charge is 0.335 e. The highest BCUT2D eigenvalue weighted by atomic mass is 35.5. The summed E-state index contributed by atoms with van der Waals surface area (Å²) in [7, 11) is 2.02. The number of hydrogen-bond acceptors (Lipinski definition) is 3. The molecule has 0 radical (unpaired) electrons. The summed E-state index contributed by atoms with van der Waals surface area (Å²) in [5.74, 6) is 1.00. The molecule has 0 aliphatic rings. The number of nitrogens with two attached hydrogens (primary N) is 1. The molecule has 0 saturated heterocycles. The van der Waals surface area contributed by atoms with Crippen LogP contribution in [0.5, 0.6) is 0 Å². The standard InChI is InChI=1S/C11H14ClN3S/c1-7-14-11(8(5-6-13)15(7)2)9-3-4-10(12)16-9/h3-4H,5-6,13H2,1-2H3. The van der Waals surface area contributed by atoms with E-state index in [0.29, 0.717) is 6.54 Å². The van der Waals surface area contributed by atoms with Crippen molar-refractivity contribution in [3.63, 3.8) is 0 Å². The minimum atomic E-state index is 0.630. The average Bonchev–Trinajstić information content (AvgIpc) is 2.78. The van der Waals surface area contributed by atoms with E-state index in [1.54, 1.807) is 11.3 Å². The topological polar surface area (TPSA) is 43.8 Å². The number of nitrogens with zero attached hydrogens (tertiary/aromatic N) is 2. The fourth-order valence-corrected chi connectivity index (χ4v) is 2.77. The SMILES string of the molecule is Cc1nc(-c2ccc(Cl)s2)c(CCN)n1C. The van der Waals surface area contributed by atoms with Gasteiger partial charge in [0.2, 0.25) is 0 Å². The second-order valence-electron chi connectivity index (χ2n) is 3.66. The van der Waals surface area contributed by atoms with Crippen LogP contribution >= 0.6 is 22.9 Å². The van der Waals surface area contributed by atoms with Gasteiger partial charge in [0.05, 0.1) is 9.21 Å². The minimum absolute atomic E-state index is 0.630. The first-order valence-corrected chi connectivity index (χ1v) is 6.31. The predicted molar refractivity (Wildman–Crippen MR) is 69.0 cm³/mol. The lowest BCUT2D eigenvalue weighted by Gasteiger charge is -2.03. The smallest absolute Gasteiger partial charge is 0.106 e. The van der Waals surface area contributed by atoms with Gasteiger partial charge in [0.1, 0.15) is 11.5 Å². The molecule has 0 spiro atoms. The Morgan fingerprint density at radius 1 is 1.50 bits per heavy atom. The summed E-state index contributed by atoms with van der Waals surface area (Å²) in [4.78, 5) is 5.68. The van der Waals surface area contributed by atoms with Crippen LogP contribution in [-0.2, 0) is 13.5 Å². The van der Waals surface area contributed by atoms with Crippen molar-refractivity contribution in [1.82, 2.24) is 9.55 Å². The lowest BCUT2D eigenvalue weighted by Crippen LogP contribution is -2.08. The Kier molecular flexibility index (Phi) is 3.33. The van der Waals surface area contributed by atoms with Gasteiger partial charge in [0.15, 0.2) is 0 Å². The van der Waals surface area contributed by atoms with E-state index in [1.807, 2.05) is 26.1 Å². The fraction of sp³-hybridized carbons (Fsp3) is 0.364. The Morgan fingerprint density at radius 2 is 2.25 bits per heavy atom. The zero-order valence-electron chi connectivity index (χ0n) is 9.33. The van der Waals surface area contributed by atoms with Gasteiger partial charge in [-0.2, -0.15) is 0 Å². The maximum absolute atomic E-state index is 5.95. The maximum atomic E-state index is 5.95. The van der Waals surface area contributed by atoms with Gasteiger partial charge in [0.25, 0.3) is 0 Å². The maximum Gasteiger partial charge on any atom is 0.106 e. The normalized spacial score (nSPS) is 11.0. The molecule has 5 heteroatoms. The van der Waals surface area contributed by atoms with Crippen molar-refractivity contribution in [3.05, 3.63) is 28.0 Å². The highest BCUT2D eigenvalue weighted by molar-refractivity contribution is 7.19. The summed E-state index contributed by atoms with van der Waals surface area (Å²) >= 11 is 7.50. The van der Waals surface area contributed by atoms with Crippen LogP contribution in [0.1, 0.15) is 11.5 Å². The van der Waals surface area contributed by atoms with Crippen molar-refractivity contribution >= 4 is 22.9 Å². The molecule has 2 N–H and O–H groups in total. The summed E-state index contributed by atoms with van der Waals surface area (Å²) in [6, 6.07) is 3.91. The molecule has 0 aliphatic heterocycles. The molecular formula is C11H14ClN3S. The van der Waals surface area contributed by atoms with Crippen LogP contribution in [0.3, 0.4) is 0 Å². The van der Waals surface area contributed by atoms with Crippen LogP contribution in [0, 0.1) is 6.92 Å². The molecule has 0 bridgehead atoms. The van der Waals surface area contributed by atoms with E-state index in [4.69, 9.17) is 17.3 Å². The summed E-state index contributed by atoms with van der Waals surface area (Å²) in [5, 5.41) is 0. The molecule has 86 valence electrons. The number of aromatic nitrogens is 2. The van der Waals surface area contributed by atoms with Crippen LogP contribution in [0.25, 0.3) is 10.6 Å². The number of aryl methyl sites for hydroxylation is 1. The minimum Gasteiger partial charge on any atom is -0.335 e. The van der Waals surface area contributed by atoms with Crippen LogP contribution < -0.4 is 5.73 Å². The molecule has 2 rings (SSSR count). The Labute approximate surface area is 104 Å². The summed E-state index contributed by atoms with van der Waals surface area (Å²) in [6.45, 7) is 2.63. The second kappa shape index (κ2) is 4.57. The lowest BCUT2D eigenvalue weighted by atomic mass is 10.2. The summed E-state index contributed by atoms with van der Waals surface area (Å²) in [6.07, 6.45) is 0.836. The van der Waals surface area contributed by atoms with Crippen molar-refractivity contribution in [3.8, 4) is 10.6 Å². The van der Waals surface area contributed by atoms with Gasteiger partial charge >= 0.3 is 0 Å². The van der Waals surface area contributed by atoms with Crippen LogP contribution in [0.4, 0.5) is 0 Å². The summed E-state index contributed by atoms with van der Waals surface area (Å²) < 4.78 is 2.88. The Hall–Kier alpha value is -0.840. The third-order valence-electron chi connectivity index (χ3n) is 2.62. The molecule has 0 aromatic carbocycles. The highest BCUT2D eigenvalue weighted by Crippen LogP contribution is 2.32. The quantitative estimate of drug-likeness (QED) is 0.916. The van der Waals surface area contributed by atoms with Gasteiger partial charge in [-0.05, 0) is 25.6 Å². The molecular weight excluding hydrogens is 242 g/mol. The number of halogens is 1. The number of imidazole rings is 1. The van der Waals surface area contributed by atoms with Crippen molar-refractivity contribution in [2.75, 3.05) is 6.54 Å². The molecule has 3 nitrogen and oxygen atoms in total. The van der Waals surface area contributed by atoms with Gasteiger partial charge in [-0.15, -0.1) is 11.3 Å². The number of hydrogen-bond donors (Lipinski definition) is 1. The number of thiophene rings is 1. The lowest BCUT2D eigenvalue weighted by molar-refractivity contribution is 0.778.